The minimum atomic E-state index is -0.594. The molecule has 0 aliphatic carbocycles. The number of imidazole rings is 1. The molecule has 0 saturated carbocycles. The van der Waals surface area contributed by atoms with E-state index in [1.165, 1.54) is 16.9 Å². The molecule has 1 aliphatic heterocycles. The van der Waals surface area contributed by atoms with Crippen LogP contribution in [0.15, 0.2) is 71.7 Å². The van der Waals surface area contributed by atoms with E-state index in [0.717, 1.165) is 11.3 Å². The van der Waals surface area contributed by atoms with Gasteiger partial charge >= 0.3 is 0 Å². The average Bonchev–Trinajstić information content (AvgIpc) is 3.62. The predicted octanol–water partition coefficient (Wildman–Crippen LogP) is 4.19. The Morgan fingerprint density at radius 1 is 1.16 bits per heavy atom. The number of H-pyrrole nitrogens is 1. The summed E-state index contributed by atoms with van der Waals surface area (Å²) < 4.78 is 18.2. The maximum absolute atomic E-state index is 15.0. The first kappa shape index (κ1) is 22.7. The molecular weight excluding hydrogens is 495 g/mol. The molecule has 0 radical (unpaired) electrons. The van der Waals surface area contributed by atoms with Gasteiger partial charge in [0.25, 0.3) is 5.56 Å². The van der Waals surface area contributed by atoms with Crippen LogP contribution in [0.1, 0.15) is 41.2 Å². The van der Waals surface area contributed by atoms with Crippen molar-refractivity contribution in [2.45, 2.75) is 18.4 Å². The molecule has 4 heterocycles. The second-order valence-corrected chi connectivity index (χ2v) is 9.17. The number of anilines is 1. The van der Waals surface area contributed by atoms with E-state index >= 15 is 4.39 Å². The first-order valence-electron chi connectivity index (χ1n) is 11.4. The summed E-state index contributed by atoms with van der Waals surface area (Å²) in [6.45, 7) is 0. The number of fused-ring (bicyclic) bond motifs is 1. The molecule has 0 spiro atoms. The Hall–Kier alpha value is -4.75. The Bertz CT molecular complexity index is 1750. The summed E-state index contributed by atoms with van der Waals surface area (Å²) in [6.07, 6.45) is 1.94. The average molecular weight is 513 g/mol. The lowest BCUT2D eigenvalue weighted by atomic mass is 9.91. The van der Waals surface area contributed by atoms with Crippen molar-refractivity contribution in [3.8, 4) is 23.0 Å². The number of nitrogens with two attached hydrogens (primary N) is 1. The van der Waals surface area contributed by atoms with Gasteiger partial charge in [0.2, 0.25) is 5.95 Å². The Kier molecular flexibility index (Phi) is 5.35. The molecule has 3 aromatic heterocycles. The van der Waals surface area contributed by atoms with Crippen LogP contribution in [0, 0.1) is 17.3 Å². The van der Waals surface area contributed by atoms with Gasteiger partial charge in [0.1, 0.15) is 17.6 Å². The number of aromatic nitrogens is 6. The zero-order chi connectivity index (χ0) is 25.7. The van der Waals surface area contributed by atoms with Gasteiger partial charge in [0.05, 0.1) is 17.9 Å². The second-order valence-electron chi connectivity index (χ2n) is 8.73. The van der Waals surface area contributed by atoms with E-state index in [4.69, 9.17) is 17.3 Å². The SMILES string of the molecule is N#Cc1cn(-c2ccc(Cl)cc2C2C[C@@H](c3nc(-c4ccc(N)cc4)c(F)[nH]3)n3c2cccc3=O)nn1. The van der Waals surface area contributed by atoms with Crippen LogP contribution in [0.4, 0.5) is 10.1 Å². The highest BCUT2D eigenvalue weighted by Gasteiger charge is 2.37. The Labute approximate surface area is 214 Å². The van der Waals surface area contributed by atoms with Gasteiger partial charge in [-0.05, 0) is 48.4 Å². The van der Waals surface area contributed by atoms with Crippen LogP contribution in [0.2, 0.25) is 5.02 Å². The van der Waals surface area contributed by atoms with Crippen molar-refractivity contribution in [1.29, 1.82) is 5.26 Å². The number of rotatable bonds is 4. The van der Waals surface area contributed by atoms with E-state index in [1.54, 1.807) is 47.0 Å². The van der Waals surface area contributed by atoms with Crippen LogP contribution in [0.5, 0.6) is 0 Å². The van der Waals surface area contributed by atoms with E-state index in [-0.39, 0.29) is 22.9 Å². The minimum absolute atomic E-state index is 0.152. The number of nitrogens with one attached hydrogen (secondary N) is 1. The van der Waals surface area contributed by atoms with Gasteiger partial charge in [-0.15, -0.1) is 5.10 Å². The van der Waals surface area contributed by atoms with Crippen LogP contribution < -0.4 is 11.3 Å². The van der Waals surface area contributed by atoms with Crippen molar-refractivity contribution < 1.29 is 4.39 Å². The summed E-state index contributed by atoms with van der Waals surface area (Å²) in [5, 5.41) is 17.6. The van der Waals surface area contributed by atoms with Crippen molar-refractivity contribution in [2.75, 3.05) is 5.73 Å². The van der Waals surface area contributed by atoms with E-state index in [9.17, 15) is 10.1 Å². The zero-order valence-corrected chi connectivity index (χ0v) is 19.9. The second kappa shape index (κ2) is 8.72. The van der Waals surface area contributed by atoms with Crippen molar-refractivity contribution in [1.82, 2.24) is 29.5 Å². The summed E-state index contributed by atoms with van der Waals surface area (Å²) in [4.78, 5) is 20.4. The topological polar surface area (TPSA) is 131 Å². The first-order valence-corrected chi connectivity index (χ1v) is 11.8. The number of halogens is 2. The van der Waals surface area contributed by atoms with E-state index in [2.05, 4.69) is 20.3 Å². The number of aromatic amines is 1. The number of pyridine rings is 1. The summed E-state index contributed by atoms with van der Waals surface area (Å²) in [6, 6.07) is 18.5. The highest BCUT2D eigenvalue weighted by atomic mass is 35.5. The monoisotopic (exact) mass is 512 g/mol. The lowest BCUT2D eigenvalue weighted by Gasteiger charge is -2.16. The summed E-state index contributed by atoms with van der Waals surface area (Å²) in [7, 11) is 0. The molecule has 0 amide bonds. The highest BCUT2D eigenvalue weighted by molar-refractivity contribution is 6.30. The summed E-state index contributed by atoms with van der Waals surface area (Å²) in [5.41, 5.74) is 9.17. The molecule has 37 heavy (non-hydrogen) atoms. The Morgan fingerprint density at radius 3 is 2.73 bits per heavy atom. The number of hydrogen-bond acceptors (Lipinski definition) is 6. The molecule has 2 aromatic carbocycles. The van der Waals surface area contributed by atoms with Gasteiger partial charge in [0, 0.05) is 34.0 Å². The van der Waals surface area contributed by atoms with Gasteiger partial charge < -0.3 is 15.3 Å². The van der Waals surface area contributed by atoms with E-state index in [0.29, 0.717) is 34.2 Å². The standard InChI is InChI=1S/C26H18ClFN8O/c27-15-6-9-20(35-13-17(12-29)33-34-35)18(10-15)19-11-22(36-21(19)2-1-3-23(36)37)26-31-24(25(28)32-26)14-4-7-16(30)8-5-14/h1-10,13,19,22H,11,30H2,(H,31,32)/t19?,22-/m0/s1. The molecule has 1 unspecified atom stereocenters. The molecule has 0 bridgehead atoms. The molecule has 9 nitrogen and oxygen atoms in total. The lowest BCUT2D eigenvalue weighted by molar-refractivity contribution is 0.541. The molecule has 182 valence electrons. The smallest absolute Gasteiger partial charge is 0.251 e. The molecule has 0 saturated heterocycles. The Morgan fingerprint density at radius 2 is 1.97 bits per heavy atom. The van der Waals surface area contributed by atoms with E-state index in [1.807, 2.05) is 18.2 Å². The van der Waals surface area contributed by atoms with Gasteiger partial charge in [-0.2, -0.15) is 9.65 Å². The van der Waals surface area contributed by atoms with Crippen LogP contribution in [0.3, 0.4) is 0 Å². The van der Waals surface area contributed by atoms with Gasteiger partial charge in [0.15, 0.2) is 5.69 Å². The fraction of sp³-hybridized carbons (Fsp3) is 0.115. The lowest BCUT2D eigenvalue weighted by Crippen LogP contribution is -2.23. The number of nitriles is 1. The van der Waals surface area contributed by atoms with Crippen LogP contribution in [-0.2, 0) is 0 Å². The van der Waals surface area contributed by atoms with Crippen molar-refractivity contribution >= 4 is 17.3 Å². The molecular formula is C26H18ClFN8O. The molecule has 11 heteroatoms. The predicted molar refractivity (Wildman–Crippen MR) is 135 cm³/mol. The maximum Gasteiger partial charge on any atom is 0.251 e. The number of benzene rings is 2. The largest absolute Gasteiger partial charge is 0.399 e. The minimum Gasteiger partial charge on any atom is -0.399 e. The molecule has 2 atom stereocenters. The van der Waals surface area contributed by atoms with E-state index < -0.39 is 12.0 Å². The summed E-state index contributed by atoms with van der Waals surface area (Å²) in [5.74, 6) is -0.559. The van der Waals surface area contributed by atoms with Crippen molar-refractivity contribution in [2.24, 2.45) is 0 Å². The molecule has 3 N–H and O–H groups in total. The van der Waals surface area contributed by atoms with Crippen molar-refractivity contribution in [3.05, 3.63) is 111 Å². The van der Waals surface area contributed by atoms with Crippen LogP contribution >= 0.6 is 11.6 Å². The van der Waals surface area contributed by atoms with Gasteiger partial charge in [-0.3, -0.25) is 4.79 Å². The van der Waals surface area contributed by atoms with Crippen LogP contribution in [0.25, 0.3) is 16.9 Å². The fourth-order valence-electron chi connectivity index (χ4n) is 4.91. The third-order valence-corrected chi connectivity index (χ3v) is 6.78. The van der Waals surface area contributed by atoms with Gasteiger partial charge in [-0.1, -0.05) is 35.0 Å². The third-order valence-electron chi connectivity index (χ3n) is 6.55. The normalized spacial score (nSPS) is 16.5. The number of nitrogen functional groups attached to an aromatic ring is 1. The fourth-order valence-corrected chi connectivity index (χ4v) is 5.09. The zero-order valence-electron chi connectivity index (χ0n) is 19.1. The quantitative estimate of drug-likeness (QED) is 0.347. The maximum atomic E-state index is 15.0. The van der Waals surface area contributed by atoms with Crippen LogP contribution in [-0.4, -0.2) is 29.5 Å². The third kappa shape index (κ3) is 3.86. The molecule has 0 fully saturated rings. The summed E-state index contributed by atoms with van der Waals surface area (Å²) >= 11 is 6.39. The number of nitrogens with zero attached hydrogens (tertiary/aromatic N) is 6. The van der Waals surface area contributed by atoms with Gasteiger partial charge in [-0.25, -0.2) is 9.67 Å². The first-order chi connectivity index (χ1) is 17.9. The van der Waals surface area contributed by atoms with Crippen molar-refractivity contribution in [3.63, 3.8) is 0 Å². The highest BCUT2D eigenvalue weighted by Crippen LogP contribution is 2.44. The Balaban J connectivity index is 1.47. The molecule has 6 rings (SSSR count). The molecule has 1 aliphatic rings. The number of hydrogen-bond donors (Lipinski definition) is 2. The molecule has 5 aromatic rings.